The van der Waals surface area contributed by atoms with E-state index in [2.05, 4.69) is 5.16 Å². The van der Waals surface area contributed by atoms with Gasteiger partial charge in [-0.2, -0.15) is 0 Å². The van der Waals surface area contributed by atoms with Crippen molar-refractivity contribution in [3.05, 3.63) is 64.2 Å². The minimum Gasteiger partial charge on any atom is -0.489 e. The summed E-state index contributed by atoms with van der Waals surface area (Å²) in [5.41, 5.74) is 2.31. The number of rotatable bonds is 6. The van der Waals surface area contributed by atoms with Crippen molar-refractivity contribution in [2.24, 2.45) is 5.16 Å². The van der Waals surface area contributed by atoms with Crippen molar-refractivity contribution in [1.82, 2.24) is 0 Å². The van der Waals surface area contributed by atoms with Crippen LogP contribution in [0.1, 0.15) is 16.7 Å². The largest absolute Gasteiger partial charge is 0.489 e. The van der Waals surface area contributed by atoms with Crippen LogP contribution in [0.4, 0.5) is 0 Å². The molecule has 0 saturated heterocycles. The second kappa shape index (κ2) is 7.99. The zero-order valence-corrected chi connectivity index (χ0v) is 14.2. The average Bonchev–Trinajstić information content (AvgIpc) is 2.54. The molecule has 0 aliphatic carbocycles. The molecule has 2 aromatic rings. The van der Waals surface area contributed by atoms with Gasteiger partial charge in [-0.15, -0.1) is 0 Å². The Morgan fingerprint density at radius 1 is 1.22 bits per heavy atom. The molecule has 4 nitrogen and oxygen atoms in total. The van der Waals surface area contributed by atoms with Gasteiger partial charge in [0.15, 0.2) is 5.71 Å². The van der Waals surface area contributed by atoms with Crippen LogP contribution in [0.25, 0.3) is 0 Å². The lowest BCUT2D eigenvalue weighted by molar-refractivity contribution is -0.106. The van der Waals surface area contributed by atoms with E-state index in [-0.39, 0.29) is 12.3 Å². The minimum absolute atomic E-state index is 0.0423. The number of hydrogen-bond donors (Lipinski definition) is 0. The summed E-state index contributed by atoms with van der Waals surface area (Å²) >= 11 is 11.6. The Labute approximate surface area is 144 Å². The van der Waals surface area contributed by atoms with Crippen LogP contribution in [-0.2, 0) is 16.2 Å². The van der Waals surface area contributed by atoms with Gasteiger partial charge in [-0.3, -0.25) is 4.79 Å². The molecule has 0 saturated carbocycles. The van der Waals surface area contributed by atoms with Crippen molar-refractivity contribution in [2.45, 2.75) is 13.5 Å². The molecule has 0 N–H and O–H groups in total. The van der Waals surface area contributed by atoms with E-state index in [4.69, 9.17) is 32.8 Å². The fraction of sp³-hybridized carbons (Fsp3) is 0.176. The zero-order chi connectivity index (χ0) is 16.8. The van der Waals surface area contributed by atoms with Crippen molar-refractivity contribution in [2.75, 3.05) is 7.11 Å². The third kappa shape index (κ3) is 4.47. The van der Waals surface area contributed by atoms with Crippen LogP contribution >= 0.6 is 23.2 Å². The van der Waals surface area contributed by atoms with Crippen molar-refractivity contribution in [1.29, 1.82) is 0 Å². The number of ether oxygens (including phenoxy) is 1. The summed E-state index contributed by atoms with van der Waals surface area (Å²) in [6.45, 7) is 2.16. The molecule has 0 aromatic heterocycles. The normalized spacial score (nSPS) is 11.2. The maximum atomic E-state index is 11.5. The zero-order valence-electron chi connectivity index (χ0n) is 12.7. The van der Waals surface area contributed by atoms with E-state index in [0.717, 1.165) is 11.1 Å². The Hall–Kier alpha value is -2.04. The van der Waals surface area contributed by atoms with E-state index in [1.807, 2.05) is 25.1 Å². The van der Waals surface area contributed by atoms with Crippen LogP contribution in [0.3, 0.4) is 0 Å². The molecule has 0 bridgehead atoms. The monoisotopic (exact) mass is 351 g/mol. The van der Waals surface area contributed by atoms with E-state index < -0.39 is 5.24 Å². The molecule has 23 heavy (non-hydrogen) atoms. The molecular weight excluding hydrogens is 337 g/mol. The predicted molar refractivity (Wildman–Crippen MR) is 91.4 cm³/mol. The van der Waals surface area contributed by atoms with Gasteiger partial charge in [0.1, 0.15) is 19.5 Å². The molecule has 6 heteroatoms. The molecule has 0 amide bonds. The van der Waals surface area contributed by atoms with Crippen molar-refractivity contribution >= 4 is 34.2 Å². The summed E-state index contributed by atoms with van der Waals surface area (Å²) in [4.78, 5) is 16.2. The molecular formula is C17H15Cl2NO3. The first-order chi connectivity index (χ1) is 11.0. The highest BCUT2D eigenvalue weighted by atomic mass is 35.5. The molecule has 0 heterocycles. The first-order valence-corrected chi connectivity index (χ1v) is 7.56. The molecule has 0 spiro atoms. The van der Waals surface area contributed by atoms with Crippen LogP contribution < -0.4 is 4.74 Å². The third-order valence-electron chi connectivity index (χ3n) is 3.16. The number of hydrogen-bond acceptors (Lipinski definition) is 4. The van der Waals surface area contributed by atoms with Gasteiger partial charge in [0.2, 0.25) is 0 Å². The second-order valence-electron chi connectivity index (χ2n) is 4.75. The Kier molecular flexibility index (Phi) is 6.02. The lowest BCUT2D eigenvalue weighted by atomic mass is 10.0. The number of carbonyl (C=O) groups excluding carboxylic acids is 1. The van der Waals surface area contributed by atoms with Gasteiger partial charge in [-0.05, 0) is 47.9 Å². The standard InChI is InChI=1S/C17H15Cl2NO3/c1-11-9-13(7-8-15(11)18)23-10-12-5-3-4-6-14(12)16(17(19)21)20-22-2/h3-9H,10H2,1-2H3. The van der Waals surface area contributed by atoms with E-state index in [1.165, 1.54) is 7.11 Å². The van der Waals surface area contributed by atoms with E-state index in [9.17, 15) is 4.79 Å². The van der Waals surface area contributed by atoms with Crippen LogP contribution in [0, 0.1) is 6.92 Å². The van der Waals surface area contributed by atoms with Crippen LogP contribution in [0.2, 0.25) is 5.02 Å². The average molecular weight is 352 g/mol. The Bertz CT molecular complexity index is 744. The van der Waals surface area contributed by atoms with Crippen molar-refractivity contribution < 1.29 is 14.4 Å². The number of nitrogens with zero attached hydrogens (tertiary/aromatic N) is 1. The Morgan fingerprint density at radius 3 is 2.61 bits per heavy atom. The van der Waals surface area contributed by atoms with Crippen molar-refractivity contribution in [3.63, 3.8) is 0 Å². The quantitative estimate of drug-likeness (QED) is 0.441. The van der Waals surface area contributed by atoms with Crippen molar-refractivity contribution in [3.8, 4) is 5.75 Å². The number of aryl methyl sites for hydroxylation is 1. The lowest BCUT2D eigenvalue weighted by Crippen LogP contribution is -2.14. The fourth-order valence-corrected chi connectivity index (χ4v) is 2.28. The maximum Gasteiger partial charge on any atom is 0.274 e. The van der Waals surface area contributed by atoms with E-state index in [0.29, 0.717) is 16.3 Å². The Balaban J connectivity index is 2.25. The highest BCUT2D eigenvalue weighted by Crippen LogP contribution is 2.22. The van der Waals surface area contributed by atoms with Gasteiger partial charge in [-0.25, -0.2) is 0 Å². The summed E-state index contributed by atoms with van der Waals surface area (Å²) in [5, 5.41) is 3.69. The van der Waals surface area contributed by atoms with Crippen LogP contribution in [0.5, 0.6) is 5.75 Å². The highest BCUT2D eigenvalue weighted by Gasteiger charge is 2.16. The number of carbonyl (C=O) groups is 1. The molecule has 2 rings (SSSR count). The number of oxime groups is 1. The van der Waals surface area contributed by atoms with Gasteiger partial charge in [0, 0.05) is 10.6 Å². The van der Waals surface area contributed by atoms with Gasteiger partial charge in [-0.1, -0.05) is 41.0 Å². The number of halogens is 2. The topological polar surface area (TPSA) is 47.9 Å². The molecule has 120 valence electrons. The second-order valence-corrected chi connectivity index (χ2v) is 5.50. The smallest absolute Gasteiger partial charge is 0.274 e. The number of benzene rings is 2. The predicted octanol–water partition coefficient (Wildman–Crippen LogP) is 4.34. The first kappa shape index (κ1) is 17.3. The maximum absolute atomic E-state index is 11.5. The third-order valence-corrected chi connectivity index (χ3v) is 3.77. The molecule has 0 radical (unpaired) electrons. The van der Waals surface area contributed by atoms with Gasteiger partial charge >= 0.3 is 0 Å². The van der Waals surface area contributed by atoms with Gasteiger partial charge < -0.3 is 9.57 Å². The Morgan fingerprint density at radius 2 is 1.96 bits per heavy atom. The van der Waals surface area contributed by atoms with Gasteiger partial charge in [0.05, 0.1) is 0 Å². The summed E-state index contributed by atoms with van der Waals surface area (Å²) in [6, 6.07) is 12.6. The van der Waals surface area contributed by atoms with E-state index in [1.54, 1.807) is 24.3 Å². The molecule has 0 unspecified atom stereocenters. The van der Waals surface area contributed by atoms with Gasteiger partial charge in [0.25, 0.3) is 5.24 Å². The first-order valence-electron chi connectivity index (χ1n) is 6.81. The van der Waals surface area contributed by atoms with E-state index >= 15 is 0 Å². The molecule has 0 fully saturated rings. The van der Waals surface area contributed by atoms with Crippen LogP contribution in [0.15, 0.2) is 47.6 Å². The molecule has 0 aliphatic rings. The highest BCUT2D eigenvalue weighted by molar-refractivity contribution is 6.84. The summed E-state index contributed by atoms with van der Waals surface area (Å²) in [5.74, 6) is 0.684. The molecule has 0 atom stereocenters. The summed E-state index contributed by atoms with van der Waals surface area (Å²) < 4.78 is 5.77. The summed E-state index contributed by atoms with van der Waals surface area (Å²) in [6.07, 6.45) is 0. The molecule has 2 aromatic carbocycles. The fourth-order valence-electron chi connectivity index (χ4n) is 2.03. The lowest BCUT2D eigenvalue weighted by Gasteiger charge is -2.11. The summed E-state index contributed by atoms with van der Waals surface area (Å²) in [7, 11) is 1.36. The molecule has 0 aliphatic heterocycles. The minimum atomic E-state index is -0.693. The van der Waals surface area contributed by atoms with Crippen LogP contribution in [-0.4, -0.2) is 18.1 Å². The SMILES string of the molecule is CON=C(C(=O)Cl)c1ccccc1COc1ccc(Cl)c(C)c1.